The van der Waals surface area contributed by atoms with Crippen molar-refractivity contribution in [2.24, 2.45) is 5.92 Å². The van der Waals surface area contributed by atoms with E-state index in [0.717, 1.165) is 12.8 Å². The van der Waals surface area contributed by atoms with Crippen LogP contribution in [-0.4, -0.2) is 30.7 Å². The molecule has 0 N–H and O–H groups in total. The summed E-state index contributed by atoms with van der Waals surface area (Å²) >= 11 is 0. The summed E-state index contributed by atoms with van der Waals surface area (Å²) in [7, 11) is -1.79. The minimum atomic E-state index is -3.39. The second-order valence-corrected chi connectivity index (χ2v) is 7.30. The van der Waals surface area contributed by atoms with Crippen LogP contribution in [0.15, 0.2) is 24.3 Å². The van der Waals surface area contributed by atoms with Crippen LogP contribution in [0.2, 0.25) is 0 Å². The summed E-state index contributed by atoms with van der Waals surface area (Å²) in [6, 6.07) is 5.65. The molecule has 1 aromatic carbocycles. The summed E-state index contributed by atoms with van der Waals surface area (Å²) in [5, 5.41) is 10.6. The molecular formula is C13H18N2O4S. The molecule has 0 heterocycles. The second kappa shape index (κ2) is 5.49. The highest BCUT2D eigenvalue weighted by atomic mass is 32.2. The number of sulfonamides is 1. The van der Waals surface area contributed by atoms with Gasteiger partial charge in [0.05, 0.1) is 10.7 Å². The lowest BCUT2D eigenvalue weighted by molar-refractivity contribution is -0.384. The minimum absolute atomic E-state index is 0.0121. The molecule has 7 heteroatoms. The molecule has 20 heavy (non-hydrogen) atoms. The molecule has 0 aromatic heterocycles. The molecule has 1 aromatic rings. The van der Waals surface area contributed by atoms with Crippen LogP contribution in [0, 0.1) is 16.0 Å². The van der Waals surface area contributed by atoms with Gasteiger partial charge in [-0.15, -0.1) is 0 Å². The van der Waals surface area contributed by atoms with Crippen LogP contribution in [0.3, 0.4) is 0 Å². The summed E-state index contributed by atoms with van der Waals surface area (Å²) in [6.45, 7) is 1.92. The van der Waals surface area contributed by atoms with E-state index in [4.69, 9.17) is 0 Å². The van der Waals surface area contributed by atoms with Crippen LogP contribution in [0.25, 0.3) is 0 Å². The molecule has 1 fully saturated rings. The molecule has 6 nitrogen and oxygen atoms in total. The predicted octanol–water partition coefficient (Wildman–Crippen LogP) is 2.15. The third-order valence-electron chi connectivity index (χ3n) is 3.81. The van der Waals surface area contributed by atoms with Gasteiger partial charge in [-0.2, -0.15) is 0 Å². The van der Waals surface area contributed by atoms with Crippen molar-refractivity contribution in [3.05, 3.63) is 39.9 Å². The zero-order valence-corrected chi connectivity index (χ0v) is 12.3. The van der Waals surface area contributed by atoms with E-state index in [1.54, 1.807) is 7.05 Å². The third kappa shape index (κ3) is 3.34. The molecule has 1 aliphatic carbocycles. The molecule has 1 atom stereocenters. The van der Waals surface area contributed by atoms with Crippen LogP contribution in [0.1, 0.15) is 25.3 Å². The second-order valence-electron chi connectivity index (χ2n) is 5.27. The van der Waals surface area contributed by atoms with Crippen molar-refractivity contribution in [2.75, 3.05) is 7.05 Å². The van der Waals surface area contributed by atoms with Crippen LogP contribution in [0.5, 0.6) is 0 Å². The average Bonchev–Trinajstić information content (AvgIpc) is 3.21. The van der Waals surface area contributed by atoms with Gasteiger partial charge in [-0.3, -0.25) is 10.1 Å². The molecule has 1 saturated carbocycles. The van der Waals surface area contributed by atoms with E-state index in [-0.39, 0.29) is 17.5 Å². The van der Waals surface area contributed by atoms with Crippen molar-refractivity contribution in [3.8, 4) is 0 Å². The maximum absolute atomic E-state index is 12.3. The molecule has 0 spiro atoms. The van der Waals surface area contributed by atoms with Crippen molar-refractivity contribution in [3.63, 3.8) is 0 Å². The fourth-order valence-electron chi connectivity index (χ4n) is 2.16. The van der Waals surface area contributed by atoms with Crippen molar-refractivity contribution < 1.29 is 13.3 Å². The molecule has 0 radical (unpaired) electrons. The summed E-state index contributed by atoms with van der Waals surface area (Å²) in [4.78, 5) is 10.1. The monoisotopic (exact) mass is 298 g/mol. The highest BCUT2D eigenvalue weighted by Gasteiger charge is 2.35. The number of nitro groups is 1. The Morgan fingerprint density at radius 1 is 1.35 bits per heavy atom. The molecule has 2 rings (SSSR count). The van der Waals surface area contributed by atoms with E-state index in [9.17, 15) is 18.5 Å². The lowest BCUT2D eigenvalue weighted by Gasteiger charge is -2.24. The largest absolute Gasteiger partial charge is 0.269 e. The number of benzene rings is 1. The Morgan fingerprint density at radius 3 is 2.35 bits per heavy atom. The van der Waals surface area contributed by atoms with E-state index in [2.05, 4.69) is 0 Å². The molecule has 0 saturated heterocycles. The number of nitro benzene ring substituents is 1. The first kappa shape index (κ1) is 14.9. The van der Waals surface area contributed by atoms with E-state index < -0.39 is 14.9 Å². The zero-order valence-electron chi connectivity index (χ0n) is 11.5. The van der Waals surface area contributed by atoms with Crippen LogP contribution in [0.4, 0.5) is 5.69 Å². The topological polar surface area (TPSA) is 80.5 Å². The Bertz CT molecular complexity index is 593. The average molecular weight is 298 g/mol. The molecule has 1 unspecified atom stereocenters. The van der Waals surface area contributed by atoms with Gasteiger partial charge in [-0.25, -0.2) is 12.7 Å². The van der Waals surface area contributed by atoms with Gasteiger partial charge in [0.15, 0.2) is 0 Å². The van der Waals surface area contributed by atoms with Gasteiger partial charge in [-0.1, -0.05) is 12.1 Å². The lowest BCUT2D eigenvalue weighted by Crippen LogP contribution is -2.37. The summed E-state index contributed by atoms with van der Waals surface area (Å²) in [6.07, 6.45) is 2.16. The quantitative estimate of drug-likeness (QED) is 0.595. The van der Waals surface area contributed by atoms with Crippen LogP contribution >= 0.6 is 0 Å². The lowest BCUT2D eigenvalue weighted by atomic mass is 10.2. The molecule has 0 amide bonds. The summed E-state index contributed by atoms with van der Waals surface area (Å²) < 4.78 is 26.0. The maximum Gasteiger partial charge on any atom is 0.269 e. The van der Waals surface area contributed by atoms with Crippen LogP contribution in [-0.2, 0) is 15.8 Å². The van der Waals surface area contributed by atoms with Gasteiger partial charge in [-0.05, 0) is 31.2 Å². The van der Waals surface area contributed by atoms with Crippen molar-refractivity contribution >= 4 is 15.7 Å². The van der Waals surface area contributed by atoms with Crippen LogP contribution < -0.4 is 0 Å². The first-order valence-electron chi connectivity index (χ1n) is 6.50. The SMILES string of the molecule is CC(C1CC1)N(C)S(=O)(=O)Cc1ccc([N+](=O)[O-])cc1. The van der Waals surface area contributed by atoms with Gasteiger partial charge in [0, 0.05) is 25.2 Å². The molecular weight excluding hydrogens is 280 g/mol. The van der Waals surface area contributed by atoms with E-state index in [1.165, 1.54) is 28.6 Å². The number of hydrogen-bond acceptors (Lipinski definition) is 4. The van der Waals surface area contributed by atoms with Gasteiger partial charge >= 0.3 is 0 Å². The van der Waals surface area contributed by atoms with Crippen molar-refractivity contribution in [2.45, 2.75) is 31.6 Å². The molecule has 110 valence electrons. The Kier molecular flexibility index (Phi) is 4.10. The van der Waals surface area contributed by atoms with Gasteiger partial charge in [0.25, 0.3) is 5.69 Å². The first-order valence-corrected chi connectivity index (χ1v) is 8.11. The van der Waals surface area contributed by atoms with Gasteiger partial charge in [0.2, 0.25) is 10.0 Å². The normalized spacial score (nSPS) is 17.1. The fourth-order valence-corrected chi connectivity index (χ4v) is 3.65. The summed E-state index contributed by atoms with van der Waals surface area (Å²) in [5.74, 6) is 0.338. The van der Waals surface area contributed by atoms with Crippen molar-refractivity contribution in [1.82, 2.24) is 4.31 Å². The molecule has 0 bridgehead atoms. The van der Waals surface area contributed by atoms with E-state index >= 15 is 0 Å². The highest BCUT2D eigenvalue weighted by molar-refractivity contribution is 7.88. The molecule has 0 aliphatic heterocycles. The van der Waals surface area contributed by atoms with Gasteiger partial charge < -0.3 is 0 Å². The zero-order chi connectivity index (χ0) is 14.9. The maximum atomic E-state index is 12.3. The summed E-state index contributed by atoms with van der Waals surface area (Å²) in [5.41, 5.74) is 0.524. The van der Waals surface area contributed by atoms with E-state index in [1.807, 2.05) is 6.92 Å². The third-order valence-corrected chi connectivity index (χ3v) is 5.72. The Labute approximate surface area is 118 Å². The van der Waals surface area contributed by atoms with Gasteiger partial charge in [0.1, 0.15) is 0 Å². The Balaban J connectivity index is 2.09. The predicted molar refractivity (Wildman–Crippen MR) is 75.7 cm³/mol. The fraction of sp³-hybridized carbons (Fsp3) is 0.538. The number of non-ortho nitro benzene ring substituents is 1. The number of hydrogen-bond donors (Lipinski definition) is 0. The molecule has 1 aliphatic rings. The Morgan fingerprint density at radius 2 is 1.90 bits per heavy atom. The standard InChI is InChI=1S/C13H18N2O4S/c1-10(12-5-6-12)14(2)20(18,19)9-11-3-7-13(8-4-11)15(16)17/h3-4,7-8,10,12H,5-6,9H2,1-2H3. The number of nitrogens with zero attached hydrogens (tertiary/aromatic N) is 2. The first-order chi connectivity index (χ1) is 9.31. The van der Waals surface area contributed by atoms with E-state index in [0.29, 0.717) is 11.5 Å². The Hall–Kier alpha value is -1.47. The minimum Gasteiger partial charge on any atom is -0.258 e. The highest BCUT2D eigenvalue weighted by Crippen LogP contribution is 2.35. The van der Waals surface area contributed by atoms with Crippen molar-refractivity contribution in [1.29, 1.82) is 0 Å². The number of rotatable bonds is 6. The smallest absolute Gasteiger partial charge is 0.258 e.